The molecule has 2 rings (SSSR count). The molecule has 112 valence electrons. The van der Waals surface area contributed by atoms with Gasteiger partial charge in [0.05, 0.1) is 0 Å². The van der Waals surface area contributed by atoms with Gasteiger partial charge in [0.2, 0.25) is 5.91 Å². The highest BCUT2D eigenvalue weighted by Gasteiger charge is 2.09. The van der Waals surface area contributed by atoms with Crippen LogP contribution in [0.15, 0.2) is 30.6 Å². The Labute approximate surface area is 125 Å². The van der Waals surface area contributed by atoms with E-state index in [0.717, 1.165) is 23.6 Å². The Morgan fingerprint density at radius 3 is 2.86 bits per heavy atom. The molecule has 0 saturated carbocycles. The van der Waals surface area contributed by atoms with Gasteiger partial charge in [-0.2, -0.15) is 0 Å². The topological polar surface area (TPSA) is 59.8 Å². The molecule has 0 fully saturated rings. The van der Waals surface area contributed by atoms with Gasteiger partial charge in [0, 0.05) is 49.2 Å². The van der Waals surface area contributed by atoms with Gasteiger partial charge in [-0.05, 0) is 32.9 Å². The molecule has 0 saturated heterocycles. The van der Waals surface area contributed by atoms with Crippen LogP contribution in [0.4, 0.5) is 0 Å². The van der Waals surface area contributed by atoms with E-state index in [-0.39, 0.29) is 11.9 Å². The standard InChI is InChI=1S/C16H22N4O/c1-12-5-4-6-15(18-12)11-13(2)19-16(21)7-9-20-10-8-17-14(20)3/h4-6,8,10,13H,7,9,11H2,1-3H3,(H,19,21)/t13-/m1/s1. The number of pyridine rings is 1. The first-order valence-corrected chi connectivity index (χ1v) is 7.24. The minimum Gasteiger partial charge on any atom is -0.353 e. The van der Waals surface area contributed by atoms with E-state index in [0.29, 0.717) is 13.0 Å². The lowest BCUT2D eigenvalue weighted by Gasteiger charge is -2.14. The van der Waals surface area contributed by atoms with Crippen LogP contribution in [0.3, 0.4) is 0 Å². The Morgan fingerprint density at radius 2 is 2.19 bits per heavy atom. The molecule has 21 heavy (non-hydrogen) atoms. The molecule has 1 atom stereocenters. The number of carbonyl (C=O) groups is 1. The molecule has 0 bridgehead atoms. The molecule has 0 spiro atoms. The Hall–Kier alpha value is -2.17. The third-order valence-corrected chi connectivity index (χ3v) is 3.37. The highest BCUT2D eigenvalue weighted by atomic mass is 16.1. The van der Waals surface area contributed by atoms with E-state index in [9.17, 15) is 4.79 Å². The summed E-state index contributed by atoms with van der Waals surface area (Å²) in [6, 6.07) is 6.04. The zero-order valence-corrected chi connectivity index (χ0v) is 12.8. The van der Waals surface area contributed by atoms with Gasteiger partial charge in [-0.15, -0.1) is 0 Å². The maximum absolute atomic E-state index is 12.0. The van der Waals surface area contributed by atoms with Gasteiger partial charge in [0.1, 0.15) is 5.82 Å². The van der Waals surface area contributed by atoms with Gasteiger partial charge in [0.15, 0.2) is 0 Å². The van der Waals surface area contributed by atoms with E-state index in [1.54, 1.807) is 6.20 Å². The van der Waals surface area contributed by atoms with E-state index >= 15 is 0 Å². The number of aromatic nitrogens is 3. The Bertz CT molecular complexity index is 606. The normalized spacial score (nSPS) is 12.1. The van der Waals surface area contributed by atoms with Crippen molar-refractivity contribution in [1.29, 1.82) is 0 Å². The lowest BCUT2D eigenvalue weighted by atomic mass is 10.1. The van der Waals surface area contributed by atoms with Crippen LogP contribution in [0.25, 0.3) is 0 Å². The minimum atomic E-state index is 0.0586. The molecule has 0 aromatic carbocycles. The molecule has 5 nitrogen and oxygen atoms in total. The predicted octanol–water partition coefficient (Wildman–Crippen LogP) is 2.03. The number of amides is 1. The fourth-order valence-corrected chi connectivity index (χ4v) is 2.29. The molecule has 2 heterocycles. The minimum absolute atomic E-state index is 0.0586. The Kier molecular flexibility index (Phi) is 5.09. The van der Waals surface area contributed by atoms with Crippen molar-refractivity contribution < 1.29 is 4.79 Å². The average Bonchev–Trinajstić information content (AvgIpc) is 2.81. The molecule has 0 aliphatic carbocycles. The molecule has 0 radical (unpaired) electrons. The van der Waals surface area contributed by atoms with Crippen molar-refractivity contribution >= 4 is 5.91 Å². The smallest absolute Gasteiger partial charge is 0.222 e. The highest BCUT2D eigenvalue weighted by Crippen LogP contribution is 2.03. The Morgan fingerprint density at radius 1 is 1.38 bits per heavy atom. The van der Waals surface area contributed by atoms with E-state index in [4.69, 9.17) is 0 Å². The van der Waals surface area contributed by atoms with Gasteiger partial charge < -0.3 is 9.88 Å². The summed E-state index contributed by atoms with van der Waals surface area (Å²) in [5.74, 6) is 0.989. The molecular formula is C16H22N4O. The van der Waals surface area contributed by atoms with Crippen LogP contribution in [-0.4, -0.2) is 26.5 Å². The lowest BCUT2D eigenvalue weighted by molar-refractivity contribution is -0.121. The second-order valence-corrected chi connectivity index (χ2v) is 5.36. The fraction of sp³-hybridized carbons (Fsp3) is 0.438. The summed E-state index contributed by atoms with van der Waals surface area (Å²) in [5.41, 5.74) is 2.01. The van der Waals surface area contributed by atoms with Crippen LogP contribution in [-0.2, 0) is 17.8 Å². The van der Waals surface area contributed by atoms with Gasteiger partial charge >= 0.3 is 0 Å². The van der Waals surface area contributed by atoms with Crippen LogP contribution >= 0.6 is 0 Å². The largest absolute Gasteiger partial charge is 0.353 e. The molecule has 0 aliphatic rings. The monoisotopic (exact) mass is 286 g/mol. The van der Waals surface area contributed by atoms with Crippen molar-refractivity contribution in [3.8, 4) is 0 Å². The number of carbonyl (C=O) groups excluding carboxylic acids is 1. The average molecular weight is 286 g/mol. The summed E-state index contributed by atoms with van der Waals surface area (Å²) in [6.45, 7) is 6.57. The van der Waals surface area contributed by atoms with Crippen molar-refractivity contribution in [2.45, 2.75) is 46.2 Å². The number of imidazole rings is 1. The number of rotatable bonds is 6. The van der Waals surface area contributed by atoms with Crippen molar-refractivity contribution in [3.63, 3.8) is 0 Å². The first-order chi connectivity index (χ1) is 10.0. The summed E-state index contributed by atoms with van der Waals surface area (Å²) in [5, 5.41) is 3.02. The third-order valence-electron chi connectivity index (χ3n) is 3.37. The second-order valence-electron chi connectivity index (χ2n) is 5.36. The highest BCUT2D eigenvalue weighted by molar-refractivity contribution is 5.76. The molecule has 2 aromatic rings. The van der Waals surface area contributed by atoms with E-state index in [1.807, 2.05) is 49.7 Å². The van der Waals surface area contributed by atoms with Gasteiger partial charge in [0.25, 0.3) is 0 Å². The van der Waals surface area contributed by atoms with E-state index in [2.05, 4.69) is 15.3 Å². The second kappa shape index (κ2) is 7.02. The molecule has 1 N–H and O–H groups in total. The number of nitrogens with one attached hydrogen (secondary N) is 1. The van der Waals surface area contributed by atoms with E-state index in [1.165, 1.54) is 0 Å². The van der Waals surface area contributed by atoms with Gasteiger partial charge in [-0.3, -0.25) is 9.78 Å². The van der Waals surface area contributed by atoms with Crippen LogP contribution < -0.4 is 5.32 Å². The maximum atomic E-state index is 12.0. The molecule has 0 unspecified atom stereocenters. The predicted molar refractivity (Wildman–Crippen MR) is 81.9 cm³/mol. The first kappa shape index (κ1) is 15.2. The van der Waals surface area contributed by atoms with Crippen LogP contribution in [0.5, 0.6) is 0 Å². The molecular weight excluding hydrogens is 264 g/mol. The van der Waals surface area contributed by atoms with Crippen LogP contribution in [0.2, 0.25) is 0 Å². The SMILES string of the molecule is Cc1cccc(C[C@@H](C)NC(=O)CCn2ccnc2C)n1. The molecule has 2 aromatic heterocycles. The summed E-state index contributed by atoms with van der Waals surface area (Å²) in [7, 11) is 0. The molecule has 0 aliphatic heterocycles. The third kappa shape index (κ3) is 4.70. The Balaban J connectivity index is 1.78. The van der Waals surface area contributed by atoms with Crippen molar-refractivity contribution in [3.05, 3.63) is 47.8 Å². The maximum Gasteiger partial charge on any atom is 0.222 e. The molecule has 5 heteroatoms. The summed E-state index contributed by atoms with van der Waals surface area (Å²) in [6.07, 6.45) is 4.85. The number of hydrogen-bond donors (Lipinski definition) is 1. The van der Waals surface area contributed by atoms with Crippen LogP contribution in [0.1, 0.15) is 30.6 Å². The summed E-state index contributed by atoms with van der Waals surface area (Å²) >= 11 is 0. The zero-order valence-electron chi connectivity index (χ0n) is 12.8. The van der Waals surface area contributed by atoms with Crippen molar-refractivity contribution in [1.82, 2.24) is 19.9 Å². The van der Waals surface area contributed by atoms with E-state index < -0.39 is 0 Å². The van der Waals surface area contributed by atoms with Gasteiger partial charge in [-0.25, -0.2) is 4.98 Å². The van der Waals surface area contributed by atoms with Crippen molar-refractivity contribution in [2.75, 3.05) is 0 Å². The summed E-state index contributed by atoms with van der Waals surface area (Å²) in [4.78, 5) is 20.5. The fourth-order valence-electron chi connectivity index (χ4n) is 2.29. The van der Waals surface area contributed by atoms with Crippen LogP contribution in [0, 0.1) is 13.8 Å². The quantitative estimate of drug-likeness (QED) is 0.884. The van der Waals surface area contributed by atoms with Gasteiger partial charge in [-0.1, -0.05) is 6.07 Å². The number of hydrogen-bond acceptors (Lipinski definition) is 3. The number of aryl methyl sites for hydroxylation is 3. The number of nitrogens with zero attached hydrogens (tertiary/aromatic N) is 3. The molecule has 1 amide bonds. The van der Waals surface area contributed by atoms with Crippen molar-refractivity contribution in [2.24, 2.45) is 0 Å². The first-order valence-electron chi connectivity index (χ1n) is 7.24. The zero-order chi connectivity index (χ0) is 15.2. The lowest BCUT2D eigenvalue weighted by Crippen LogP contribution is -2.34. The summed E-state index contributed by atoms with van der Waals surface area (Å²) < 4.78 is 1.98.